The second kappa shape index (κ2) is 6.09. The number of thiophene rings is 1. The van der Waals surface area contributed by atoms with E-state index in [0.29, 0.717) is 6.54 Å². The van der Waals surface area contributed by atoms with Gasteiger partial charge in [0.15, 0.2) is 0 Å². The molecule has 1 aromatic rings. The van der Waals surface area contributed by atoms with E-state index in [9.17, 15) is 0 Å². The van der Waals surface area contributed by atoms with E-state index in [4.69, 9.17) is 10.9 Å². The van der Waals surface area contributed by atoms with E-state index < -0.39 is 0 Å². The van der Waals surface area contributed by atoms with Crippen molar-refractivity contribution in [2.75, 3.05) is 6.54 Å². The van der Waals surface area contributed by atoms with Crippen LogP contribution < -0.4 is 11.1 Å². The Hall–Kier alpha value is -0.590. The van der Waals surface area contributed by atoms with E-state index in [-0.39, 0.29) is 11.8 Å². The Morgan fingerprint density at radius 2 is 2.47 bits per heavy atom. The molecule has 1 unspecified atom stereocenters. The van der Waals surface area contributed by atoms with Crippen molar-refractivity contribution in [3.63, 3.8) is 0 Å². The molecule has 0 bridgehead atoms. The van der Waals surface area contributed by atoms with Gasteiger partial charge in [0.2, 0.25) is 0 Å². The number of halogens is 1. The average Bonchev–Trinajstić information content (AvgIpc) is 2.63. The van der Waals surface area contributed by atoms with Gasteiger partial charge in [-0.2, -0.15) is 0 Å². The molecule has 0 aliphatic carbocycles. The Kier molecular flexibility index (Phi) is 5.07. The van der Waals surface area contributed by atoms with Gasteiger partial charge in [-0.15, -0.1) is 11.3 Å². The zero-order chi connectivity index (χ0) is 11.3. The molecule has 0 spiro atoms. The van der Waals surface area contributed by atoms with Crippen LogP contribution in [0.3, 0.4) is 0 Å². The summed E-state index contributed by atoms with van der Waals surface area (Å²) in [4.78, 5) is 1.26. The maximum Gasteiger partial charge on any atom is 0.143 e. The minimum atomic E-state index is 0.0402. The molecule has 84 valence electrons. The fourth-order valence-electron chi connectivity index (χ4n) is 1.06. The number of amidine groups is 1. The summed E-state index contributed by atoms with van der Waals surface area (Å²) in [5, 5.41) is 14.7. The molecule has 0 amide bonds. The summed E-state index contributed by atoms with van der Waals surface area (Å²) in [6.45, 7) is 3.41. The minimum Gasteiger partial charge on any atom is -0.409 e. The Morgan fingerprint density at radius 1 is 1.73 bits per heavy atom. The normalized spacial score (nSPS) is 14.1. The van der Waals surface area contributed by atoms with Crippen molar-refractivity contribution in [1.82, 2.24) is 5.32 Å². The average molecular weight is 292 g/mol. The Balaban J connectivity index is 2.27. The van der Waals surface area contributed by atoms with Gasteiger partial charge >= 0.3 is 0 Å². The third kappa shape index (κ3) is 4.19. The molecule has 0 saturated carbocycles. The van der Waals surface area contributed by atoms with Gasteiger partial charge in [-0.05, 0) is 28.1 Å². The quantitative estimate of drug-likeness (QED) is 0.336. The van der Waals surface area contributed by atoms with Crippen molar-refractivity contribution in [3.8, 4) is 0 Å². The fraction of sp³-hybridized carbons (Fsp3) is 0.444. The molecule has 6 heteroatoms. The molecule has 0 fully saturated rings. The number of hydrogen-bond donors (Lipinski definition) is 3. The molecular weight excluding hydrogens is 278 g/mol. The first kappa shape index (κ1) is 12.5. The van der Waals surface area contributed by atoms with Crippen molar-refractivity contribution in [2.24, 2.45) is 16.8 Å². The van der Waals surface area contributed by atoms with Crippen molar-refractivity contribution in [2.45, 2.75) is 13.5 Å². The lowest BCUT2D eigenvalue weighted by Crippen LogP contribution is -2.30. The summed E-state index contributed by atoms with van der Waals surface area (Å²) >= 11 is 5.10. The van der Waals surface area contributed by atoms with Crippen LogP contribution in [0, 0.1) is 5.92 Å². The van der Waals surface area contributed by atoms with E-state index in [0.717, 1.165) is 10.3 Å². The SMILES string of the molecule is CC(CNCc1ccc(Br)s1)C(N)=NO. The zero-order valence-corrected chi connectivity index (χ0v) is 10.8. The summed E-state index contributed by atoms with van der Waals surface area (Å²) in [7, 11) is 0. The van der Waals surface area contributed by atoms with Gasteiger partial charge < -0.3 is 16.3 Å². The summed E-state index contributed by atoms with van der Waals surface area (Å²) in [5.41, 5.74) is 5.46. The predicted molar refractivity (Wildman–Crippen MR) is 66.3 cm³/mol. The maximum atomic E-state index is 8.46. The predicted octanol–water partition coefficient (Wildman–Crippen LogP) is 1.98. The lowest BCUT2D eigenvalue weighted by Gasteiger charge is -2.09. The lowest BCUT2D eigenvalue weighted by atomic mass is 10.1. The first-order chi connectivity index (χ1) is 7.13. The van der Waals surface area contributed by atoms with Gasteiger partial charge in [0.25, 0.3) is 0 Å². The Labute approximate surface area is 101 Å². The minimum absolute atomic E-state index is 0.0402. The van der Waals surface area contributed by atoms with E-state index >= 15 is 0 Å². The molecule has 0 aliphatic heterocycles. The van der Waals surface area contributed by atoms with E-state index in [1.165, 1.54) is 4.88 Å². The summed E-state index contributed by atoms with van der Waals surface area (Å²) in [6.07, 6.45) is 0. The topological polar surface area (TPSA) is 70.6 Å². The molecule has 15 heavy (non-hydrogen) atoms. The highest BCUT2D eigenvalue weighted by Gasteiger charge is 2.06. The molecule has 4 N–H and O–H groups in total. The van der Waals surface area contributed by atoms with Crippen molar-refractivity contribution >= 4 is 33.1 Å². The smallest absolute Gasteiger partial charge is 0.143 e. The van der Waals surface area contributed by atoms with E-state index in [2.05, 4.69) is 32.5 Å². The lowest BCUT2D eigenvalue weighted by molar-refractivity contribution is 0.314. The maximum absolute atomic E-state index is 8.46. The molecule has 1 heterocycles. The third-order valence-corrected chi connectivity index (χ3v) is 3.62. The van der Waals surface area contributed by atoms with E-state index in [1.807, 2.05) is 13.0 Å². The van der Waals surface area contributed by atoms with E-state index in [1.54, 1.807) is 11.3 Å². The third-order valence-electron chi connectivity index (χ3n) is 2.00. The molecule has 1 atom stereocenters. The molecule has 1 rings (SSSR count). The fourth-order valence-corrected chi connectivity index (χ4v) is 2.51. The highest BCUT2D eigenvalue weighted by atomic mass is 79.9. The summed E-state index contributed by atoms with van der Waals surface area (Å²) < 4.78 is 1.13. The largest absolute Gasteiger partial charge is 0.409 e. The van der Waals surface area contributed by atoms with Crippen LogP contribution in [0.15, 0.2) is 21.1 Å². The Morgan fingerprint density at radius 3 is 3.00 bits per heavy atom. The highest BCUT2D eigenvalue weighted by Crippen LogP contribution is 2.21. The van der Waals surface area contributed by atoms with Crippen LogP contribution in [0.4, 0.5) is 0 Å². The molecule has 0 aliphatic rings. The molecular formula is C9H14BrN3OS. The summed E-state index contributed by atoms with van der Waals surface area (Å²) in [5.74, 6) is 0.299. The van der Waals surface area contributed by atoms with Crippen LogP contribution in [0.25, 0.3) is 0 Å². The monoisotopic (exact) mass is 291 g/mol. The standard InChI is InChI=1S/C9H14BrN3OS/c1-6(9(11)13-14)4-12-5-7-2-3-8(10)15-7/h2-3,6,12,14H,4-5H2,1H3,(H2,11,13). The Bertz CT molecular complexity index is 340. The van der Waals surface area contributed by atoms with Gasteiger partial charge in [-0.3, -0.25) is 0 Å². The number of hydrogen-bond acceptors (Lipinski definition) is 4. The number of rotatable bonds is 5. The van der Waals surface area contributed by atoms with Crippen LogP contribution >= 0.6 is 27.3 Å². The number of oxime groups is 1. The molecule has 0 aromatic carbocycles. The second-order valence-electron chi connectivity index (χ2n) is 3.26. The first-order valence-corrected chi connectivity index (χ1v) is 6.16. The molecule has 0 radical (unpaired) electrons. The van der Waals surface area contributed by atoms with Crippen molar-refractivity contribution < 1.29 is 5.21 Å². The first-order valence-electron chi connectivity index (χ1n) is 4.56. The van der Waals surface area contributed by atoms with Crippen LogP contribution in [-0.4, -0.2) is 17.6 Å². The van der Waals surface area contributed by atoms with Crippen LogP contribution in [0.1, 0.15) is 11.8 Å². The van der Waals surface area contributed by atoms with Gasteiger partial charge in [0, 0.05) is 23.9 Å². The number of nitrogens with zero attached hydrogens (tertiary/aromatic N) is 1. The summed E-state index contributed by atoms with van der Waals surface area (Å²) in [6, 6.07) is 4.09. The molecule has 0 saturated heterocycles. The zero-order valence-electron chi connectivity index (χ0n) is 8.40. The van der Waals surface area contributed by atoms with Gasteiger partial charge in [-0.25, -0.2) is 0 Å². The van der Waals surface area contributed by atoms with Crippen LogP contribution in [0.2, 0.25) is 0 Å². The van der Waals surface area contributed by atoms with Gasteiger partial charge in [0.1, 0.15) is 5.84 Å². The van der Waals surface area contributed by atoms with Crippen LogP contribution in [-0.2, 0) is 6.54 Å². The number of nitrogens with two attached hydrogens (primary N) is 1. The van der Waals surface area contributed by atoms with Crippen LogP contribution in [0.5, 0.6) is 0 Å². The van der Waals surface area contributed by atoms with Crippen molar-refractivity contribution in [1.29, 1.82) is 0 Å². The number of nitrogens with one attached hydrogen (secondary N) is 1. The van der Waals surface area contributed by atoms with Gasteiger partial charge in [0.05, 0.1) is 3.79 Å². The van der Waals surface area contributed by atoms with Gasteiger partial charge in [-0.1, -0.05) is 12.1 Å². The second-order valence-corrected chi connectivity index (χ2v) is 5.81. The highest BCUT2D eigenvalue weighted by molar-refractivity contribution is 9.11. The molecule has 4 nitrogen and oxygen atoms in total. The molecule has 1 aromatic heterocycles. The van der Waals surface area contributed by atoms with Crippen molar-refractivity contribution in [3.05, 3.63) is 20.8 Å².